The van der Waals surface area contributed by atoms with E-state index in [-0.39, 0.29) is 12.1 Å². The Hall–Kier alpha value is -2.40. The second-order valence-electron chi connectivity index (χ2n) is 5.18. The van der Waals surface area contributed by atoms with E-state index < -0.39 is 0 Å². The van der Waals surface area contributed by atoms with Gasteiger partial charge in [-0.15, -0.1) is 0 Å². The Bertz CT molecular complexity index is 689. The third-order valence-corrected chi connectivity index (χ3v) is 3.89. The minimum Gasteiger partial charge on any atom is -0.497 e. The highest BCUT2D eigenvalue weighted by Crippen LogP contribution is 2.29. The lowest BCUT2D eigenvalue weighted by atomic mass is 10.1. The molecule has 6 heteroatoms. The van der Waals surface area contributed by atoms with Gasteiger partial charge in [-0.1, -0.05) is 30.7 Å². The summed E-state index contributed by atoms with van der Waals surface area (Å²) in [6.07, 6.45) is 0.754. The molecule has 0 aliphatic carbocycles. The zero-order valence-corrected chi connectivity index (χ0v) is 14.7. The Morgan fingerprint density at radius 2 is 1.83 bits per heavy atom. The molecule has 5 nitrogen and oxygen atoms in total. The van der Waals surface area contributed by atoms with Gasteiger partial charge >= 0.3 is 6.03 Å². The number of anilines is 1. The number of hydrogen-bond acceptors (Lipinski definition) is 3. The molecule has 0 fully saturated rings. The summed E-state index contributed by atoms with van der Waals surface area (Å²) >= 11 is 5.91. The third kappa shape index (κ3) is 4.55. The summed E-state index contributed by atoms with van der Waals surface area (Å²) < 4.78 is 10.4. The van der Waals surface area contributed by atoms with Crippen molar-refractivity contribution < 1.29 is 14.3 Å². The van der Waals surface area contributed by atoms with Crippen molar-refractivity contribution in [2.24, 2.45) is 0 Å². The maximum atomic E-state index is 12.3. The standard InChI is InChI=1S/C18H21ClN2O3/c1-4-15(12-5-7-13(19)8-6-12)20-18(22)21-16-11-14(23-2)9-10-17(16)24-3/h5-11,15H,4H2,1-3H3,(H2,20,21,22)/t15-/m1/s1. The second kappa shape index (κ2) is 8.45. The number of benzene rings is 2. The smallest absolute Gasteiger partial charge is 0.319 e. The van der Waals surface area contributed by atoms with Crippen LogP contribution < -0.4 is 20.1 Å². The van der Waals surface area contributed by atoms with Gasteiger partial charge in [0.2, 0.25) is 0 Å². The van der Waals surface area contributed by atoms with Gasteiger partial charge in [0.05, 0.1) is 25.9 Å². The predicted molar refractivity (Wildman–Crippen MR) is 96.2 cm³/mol. The molecule has 2 aromatic carbocycles. The summed E-state index contributed by atoms with van der Waals surface area (Å²) in [6, 6.07) is 12.2. The molecule has 2 N–H and O–H groups in total. The Balaban J connectivity index is 2.10. The van der Waals surface area contributed by atoms with E-state index in [4.69, 9.17) is 21.1 Å². The number of hydrogen-bond donors (Lipinski definition) is 2. The molecule has 2 rings (SSSR count). The van der Waals surface area contributed by atoms with Gasteiger partial charge in [0.15, 0.2) is 0 Å². The van der Waals surface area contributed by atoms with E-state index in [1.54, 1.807) is 32.4 Å². The van der Waals surface area contributed by atoms with Gasteiger partial charge in [0.25, 0.3) is 0 Å². The molecule has 2 amide bonds. The molecule has 0 bridgehead atoms. The van der Waals surface area contributed by atoms with Crippen LogP contribution >= 0.6 is 11.6 Å². The van der Waals surface area contributed by atoms with E-state index in [1.165, 1.54) is 0 Å². The molecule has 0 radical (unpaired) electrons. The van der Waals surface area contributed by atoms with Crippen molar-refractivity contribution in [3.63, 3.8) is 0 Å². The molecule has 0 aliphatic rings. The first kappa shape index (κ1) is 17.9. The maximum Gasteiger partial charge on any atom is 0.319 e. The number of methoxy groups -OCH3 is 2. The third-order valence-electron chi connectivity index (χ3n) is 3.64. The zero-order chi connectivity index (χ0) is 17.5. The van der Waals surface area contributed by atoms with Crippen molar-refractivity contribution in [1.82, 2.24) is 5.32 Å². The Morgan fingerprint density at radius 1 is 1.12 bits per heavy atom. The molecular formula is C18H21ClN2O3. The molecule has 0 saturated heterocycles. The zero-order valence-electron chi connectivity index (χ0n) is 13.9. The van der Waals surface area contributed by atoms with E-state index in [9.17, 15) is 4.79 Å². The Morgan fingerprint density at radius 3 is 2.42 bits per heavy atom. The fourth-order valence-corrected chi connectivity index (χ4v) is 2.47. The van der Waals surface area contributed by atoms with E-state index >= 15 is 0 Å². The number of urea groups is 1. The van der Waals surface area contributed by atoms with Crippen LogP contribution in [0.3, 0.4) is 0 Å². The fourth-order valence-electron chi connectivity index (χ4n) is 2.34. The predicted octanol–water partition coefficient (Wildman–Crippen LogP) is 4.63. The lowest BCUT2D eigenvalue weighted by molar-refractivity contribution is 0.248. The quantitative estimate of drug-likeness (QED) is 0.800. The van der Waals surface area contributed by atoms with E-state index in [1.807, 2.05) is 31.2 Å². The van der Waals surface area contributed by atoms with Gasteiger partial charge in [-0.25, -0.2) is 4.79 Å². The molecule has 2 aromatic rings. The van der Waals surface area contributed by atoms with Gasteiger partial charge in [0, 0.05) is 11.1 Å². The first-order valence-electron chi connectivity index (χ1n) is 7.62. The van der Waals surface area contributed by atoms with Crippen LogP contribution in [0.2, 0.25) is 5.02 Å². The monoisotopic (exact) mass is 348 g/mol. The van der Waals surface area contributed by atoms with Crippen LogP contribution in [-0.4, -0.2) is 20.3 Å². The number of amides is 2. The van der Waals surface area contributed by atoms with Crippen LogP contribution in [0.5, 0.6) is 11.5 Å². The van der Waals surface area contributed by atoms with Gasteiger partial charge < -0.3 is 20.1 Å². The number of halogens is 1. The number of carbonyl (C=O) groups excluding carboxylic acids is 1. The molecule has 24 heavy (non-hydrogen) atoms. The van der Waals surface area contributed by atoms with Gasteiger partial charge in [-0.05, 0) is 36.2 Å². The average molecular weight is 349 g/mol. The van der Waals surface area contributed by atoms with Crippen molar-refractivity contribution in [3.8, 4) is 11.5 Å². The van der Waals surface area contributed by atoms with Crippen LogP contribution in [0.25, 0.3) is 0 Å². The molecule has 0 aromatic heterocycles. The Labute approximate surface area is 146 Å². The minimum absolute atomic E-state index is 0.112. The molecular weight excluding hydrogens is 328 g/mol. The SMILES string of the molecule is CC[C@@H](NC(=O)Nc1cc(OC)ccc1OC)c1ccc(Cl)cc1. The highest BCUT2D eigenvalue weighted by molar-refractivity contribution is 6.30. The van der Waals surface area contributed by atoms with Crippen LogP contribution in [0.1, 0.15) is 24.9 Å². The van der Waals surface area contributed by atoms with Crippen LogP contribution in [0, 0.1) is 0 Å². The number of nitrogens with one attached hydrogen (secondary N) is 2. The molecule has 128 valence electrons. The lowest BCUT2D eigenvalue weighted by Gasteiger charge is -2.19. The van der Waals surface area contributed by atoms with Crippen molar-refractivity contribution in [2.45, 2.75) is 19.4 Å². The van der Waals surface area contributed by atoms with Gasteiger partial charge in [-0.3, -0.25) is 0 Å². The molecule has 0 heterocycles. The van der Waals surface area contributed by atoms with Gasteiger partial charge in [0.1, 0.15) is 11.5 Å². The average Bonchev–Trinajstić information content (AvgIpc) is 2.60. The van der Waals surface area contributed by atoms with Gasteiger partial charge in [-0.2, -0.15) is 0 Å². The number of ether oxygens (including phenoxy) is 2. The van der Waals surface area contributed by atoms with E-state index in [0.29, 0.717) is 22.2 Å². The molecule has 0 spiro atoms. The minimum atomic E-state index is -0.316. The van der Waals surface area contributed by atoms with Crippen molar-refractivity contribution in [2.75, 3.05) is 19.5 Å². The van der Waals surface area contributed by atoms with Crippen molar-refractivity contribution in [3.05, 3.63) is 53.1 Å². The molecule has 0 aliphatic heterocycles. The lowest BCUT2D eigenvalue weighted by Crippen LogP contribution is -2.32. The highest BCUT2D eigenvalue weighted by Gasteiger charge is 2.14. The molecule has 0 unspecified atom stereocenters. The first-order valence-corrected chi connectivity index (χ1v) is 8.00. The number of carbonyl (C=O) groups is 1. The van der Waals surface area contributed by atoms with Crippen LogP contribution in [0.15, 0.2) is 42.5 Å². The van der Waals surface area contributed by atoms with Crippen LogP contribution in [-0.2, 0) is 0 Å². The maximum absolute atomic E-state index is 12.3. The van der Waals surface area contributed by atoms with Crippen LogP contribution in [0.4, 0.5) is 10.5 Å². The summed E-state index contributed by atoms with van der Waals surface area (Å²) in [5, 5.41) is 6.42. The fraction of sp³-hybridized carbons (Fsp3) is 0.278. The normalized spacial score (nSPS) is 11.5. The van der Waals surface area contributed by atoms with Crippen molar-refractivity contribution in [1.29, 1.82) is 0 Å². The first-order chi connectivity index (χ1) is 11.6. The summed E-state index contributed by atoms with van der Waals surface area (Å²) in [6.45, 7) is 2.01. The molecule has 0 saturated carbocycles. The largest absolute Gasteiger partial charge is 0.497 e. The topological polar surface area (TPSA) is 59.6 Å². The Kier molecular flexibility index (Phi) is 6.32. The van der Waals surface area contributed by atoms with E-state index in [2.05, 4.69) is 10.6 Å². The summed E-state index contributed by atoms with van der Waals surface area (Å²) in [5.74, 6) is 1.20. The van der Waals surface area contributed by atoms with E-state index in [0.717, 1.165) is 12.0 Å². The summed E-state index contributed by atoms with van der Waals surface area (Å²) in [7, 11) is 3.12. The summed E-state index contributed by atoms with van der Waals surface area (Å²) in [5.41, 5.74) is 1.54. The van der Waals surface area contributed by atoms with Crippen molar-refractivity contribution >= 4 is 23.3 Å². The summed E-state index contributed by atoms with van der Waals surface area (Å²) in [4.78, 5) is 12.3. The number of rotatable bonds is 6. The molecule has 1 atom stereocenters. The second-order valence-corrected chi connectivity index (χ2v) is 5.61. The highest BCUT2D eigenvalue weighted by atomic mass is 35.5.